The van der Waals surface area contributed by atoms with Crippen molar-refractivity contribution < 1.29 is 14.6 Å². The van der Waals surface area contributed by atoms with Gasteiger partial charge in [-0.3, -0.25) is 4.79 Å². The first-order chi connectivity index (χ1) is 6.86. The highest BCUT2D eigenvalue weighted by Crippen LogP contribution is 2.64. The van der Waals surface area contributed by atoms with Crippen molar-refractivity contribution in [1.82, 2.24) is 0 Å². The molecular weight excluding hydrogens is 192 g/mol. The van der Waals surface area contributed by atoms with Crippen LogP contribution in [0, 0.1) is 16.2 Å². The standard InChI is InChI=1S/C12H20O3/c1-10(2,3)12(7-15-8-12)11(9(13)14)5-4-6-11/h4-8H2,1-3H3,(H,13,14). The Balaban J connectivity index is 2.37. The molecule has 0 unspecified atom stereocenters. The summed E-state index contributed by atoms with van der Waals surface area (Å²) < 4.78 is 5.33. The molecule has 2 fully saturated rings. The SMILES string of the molecule is CC(C)(C)C1(C2(C(=O)O)CCC2)COC1. The van der Waals surface area contributed by atoms with E-state index in [-0.39, 0.29) is 10.8 Å². The largest absolute Gasteiger partial charge is 0.481 e. The Labute approximate surface area is 90.8 Å². The quantitative estimate of drug-likeness (QED) is 0.764. The fraction of sp³-hybridized carbons (Fsp3) is 0.917. The minimum absolute atomic E-state index is 0.00403. The second-order valence-electron chi connectivity index (χ2n) is 6.07. The Morgan fingerprint density at radius 3 is 1.87 bits per heavy atom. The van der Waals surface area contributed by atoms with E-state index in [0.29, 0.717) is 13.2 Å². The van der Waals surface area contributed by atoms with Crippen molar-refractivity contribution in [2.45, 2.75) is 40.0 Å². The van der Waals surface area contributed by atoms with Crippen LogP contribution in [-0.2, 0) is 9.53 Å². The molecule has 1 saturated heterocycles. The lowest BCUT2D eigenvalue weighted by Gasteiger charge is -2.63. The molecule has 2 rings (SSSR count). The van der Waals surface area contributed by atoms with Gasteiger partial charge in [0.05, 0.1) is 18.6 Å². The third-order valence-electron chi connectivity index (χ3n) is 4.67. The maximum Gasteiger partial charge on any atom is 0.310 e. The summed E-state index contributed by atoms with van der Waals surface area (Å²) in [7, 11) is 0. The zero-order valence-corrected chi connectivity index (χ0v) is 9.80. The van der Waals surface area contributed by atoms with Gasteiger partial charge in [0.15, 0.2) is 0 Å². The molecule has 3 nitrogen and oxygen atoms in total. The third kappa shape index (κ3) is 1.13. The molecule has 1 aliphatic heterocycles. The molecule has 0 aromatic rings. The summed E-state index contributed by atoms with van der Waals surface area (Å²) in [6.45, 7) is 7.64. The second kappa shape index (κ2) is 2.97. The number of hydrogen-bond acceptors (Lipinski definition) is 2. The van der Waals surface area contributed by atoms with E-state index in [4.69, 9.17) is 4.74 Å². The van der Waals surface area contributed by atoms with Gasteiger partial charge in [-0.05, 0) is 18.3 Å². The minimum Gasteiger partial charge on any atom is -0.481 e. The number of hydrogen-bond donors (Lipinski definition) is 1. The number of carboxylic acids is 1. The zero-order chi connectivity index (χ0) is 11.3. The maximum atomic E-state index is 11.5. The van der Waals surface area contributed by atoms with Crippen LogP contribution in [0.15, 0.2) is 0 Å². The summed E-state index contributed by atoms with van der Waals surface area (Å²) in [5.74, 6) is -0.619. The number of ether oxygens (including phenoxy) is 1. The van der Waals surface area contributed by atoms with Crippen molar-refractivity contribution in [3.05, 3.63) is 0 Å². The predicted octanol–water partition coefficient (Wildman–Crippen LogP) is 2.30. The lowest BCUT2D eigenvalue weighted by molar-refractivity contribution is -0.261. The Morgan fingerprint density at radius 1 is 1.27 bits per heavy atom. The van der Waals surface area contributed by atoms with Gasteiger partial charge in [-0.15, -0.1) is 0 Å². The lowest BCUT2D eigenvalue weighted by atomic mass is 9.44. The van der Waals surface area contributed by atoms with Gasteiger partial charge in [0.25, 0.3) is 0 Å². The Bertz CT molecular complexity index is 280. The van der Waals surface area contributed by atoms with Crippen LogP contribution in [0.1, 0.15) is 40.0 Å². The predicted molar refractivity (Wildman–Crippen MR) is 56.6 cm³/mol. The number of rotatable bonds is 2. The molecular formula is C12H20O3. The molecule has 0 spiro atoms. The molecule has 0 radical (unpaired) electrons. The molecule has 0 aromatic carbocycles. The molecule has 0 aromatic heterocycles. The highest BCUT2D eigenvalue weighted by Gasteiger charge is 2.67. The minimum atomic E-state index is -0.619. The van der Waals surface area contributed by atoms with Crippen molar-refractivity contribution in [3.8, 4) is 0 Å². The van der Waals surface area contributed by atoms with Crippen LogP contribution in [0.5, 0.6) is 0 Å². The third-order valence-corrected chi connectivity index (χ3v) is 4.67. The van der Waals surface area contributed by atoms with E-state index >= 15 is 0 Å². The van der Waals surface area contributed by atoms with Crippen LogP contribution in [-0.4, -0.2) is 24.3 Å². The molecule has 0 atom stereocenters. The molecule has 0 amide bonds. The van der Waals surface area contributed by atoms with Crippen molar-refractivity contribution in [2.24, 2.45) is 16.2 Å². The number of aliphatic carboxylic acids is 1. The Kier molecular flexibility index (Phi) is 2.16. The van der Waals surface area contributed by atoms with Gasteiger partial charge in [0.1, 0.15) is 0 Å². The summed E-state index contributed by atoms with van der Waals surface area (Å²) in [5.41, 5.74) is -0.655. The lowest BCUT2D eigenvalue weighted by Crippen LogP contribution is -2.67. The summed E-state index contributed by atoms with van der Waals surface area (Å²) in [6.07, 6.45) is 2.69. The van der Waals surface area contributed by atoms with E-state index in [0.717, 1.165) is 19.3 Å². The van der Waals surface area contributed by atoms with E-state index in [1.807, 2.05) is 0 Å². The zero-order valence-electron chi connectivity index (χ0n) is 9.80. The fourth-order valence-electron chi connectivity index (χ4n) is 3.16. The first kappa shape index (κ1) is 10.9. The molecule has 1 N–H and O–H groups in total. The van der Waals surface area contributed by atoms with Crippen LogP contribution in [0.3, 0.4) is 0 Å². The topological polar surface area (TPSA) is 46.5 Å². The summed E-state index contributed by atoms with van der Waals surface area (Å²) in [4.78, 5) is 11.5. The van der Waals surface area contributed by atoms with E-state index in [1.165, 1.54) is 0 Å². The molecule has 1 aliphatic carbocycles. The van der Waals surface area contributed by atoms with Crippen molar-refractivity contribution >= 4 is 5.97 Å². The summed E-state index contributed by atoms with van der Waals surface area (Å²) in [5, 5.41) is 9.49. The van der Waals surface area contributed by atoms with Gasteiger partial charge < -0.3 is 9.84 Å². The van der Waals surface area contributed by atoms with Crippen molar-refractivity contribution in [1.29, 1.82) is 0 Å². The Hall–Kier alpha value is -0.570. The highest BCUT2D eigenvalue weighted by atomic mass is 16.5. The van der Waals surface area contributed by atoms with Gasteiger partial charge in [-0.25, -0.2) is 0 Å². The first-order valence-corrected chi connectivity index (χ1v) is 5.67. The van der Waals surface area contributed by atoms with Gasteiger partial charge in [-0.1, -0.05) is 27.2 Å². The van der Waals surface area contributed by atoms with E-state index in [1.54, 1.807) is 0 Å². The molecule has 86 valence electrons. The molecule has 1 heterocycles. The Morgan fingerprint density at radius 2 is 1.80 bits per heavy atom. The highest BCUT2D eigenvalue weighted by molar-refractivity contribution is 5.77. The van der Waals surface area contributed by atoms with Crippen LogP contribution < -0.4 is 0 Å². The monoisotopic (exact) mass is 212 g/mol. The van der Waals surface area contributed by atoms with Gasteiger partial charge in [0, 0.05) is 5.41 Å². The van der Waals surface area contributed by atoms with Crippen molar-refractivity contribution in [3.63, 3.8) is 0 Å². The molecule has 3 heteroatoms. The molecule has 15 heavy (non-hydrogen) atoms. The van der Waals surface area contributed by atoms with E-state index in [2.05, 4.69) is 20.8 Å². The number of carboxylic acid groups (broad SMARTS) is 1. The normalized spacial score (nSPS) is 27.7. The first-order valence-electron chi connectivity index (χ1n) is 5.67. The van der Waals surface area contributed by atoms with Crippen LogP contribution >= 0.6 is 0 Å². The van der Waals surface area contributed by atoms with E-state index < -0.39 is 11.4 Å². The van der Waals surface area contributed by atoms with Gasteiger partial charge in [-0.2, -0.15) is 0 Å². The molecule has 2 aliphatic rings. The summed E-state index contributed by atoms with van der Waals surface area (Å²) >= 11 is 0. The number of carbonyl (C=O) groups is 1. The summed E-state index contributed by atoms with van der Waals surface area (Å²) in [6, 6.07) is 0. The van der Waals surface area contributed by atoms with Crippen LogP contribution in [0.4, 0.5) is 0 Å². The molecule has 1 saturated carbocycles. The molecule has 0 bridgehead atoms. The van der Waals surface area contributed by atoms with Gasteiger partial charge >= 0.3 is 5.97 Å². The van der Waals surface area contributed by atoms with E-state index in [9.17, 15) is 9.90 Å². The van der Waals surface area contributed by atoms with Crippen LogP contribution in [0.2, 0.25) is 0 Å². The van der Waals surface area contributed by atoms with Crippen molar-refractivity contribution in [2.75, 3.05) is 13.2 Å². The fourth-order valence-corrected chi connectivity index (χ4v) is 3.16. The average molecular weight is 212 g/mol. The second-order valence-corrected chi connectivity index (χ2v) is 6.07. The van der Waals surface area contributed by atoms with Gasteiger partial charge in [0.2, 0.25) is 0 Å². The maximum absolute atomic E-state index is 11.5. The smallest absolute Gasteiger partial charge is 0.310 e. The average Bonchev–Trinajstić information content (AvgIpc) is 1.87. The van der Waals surface area contributed by atoms with Crippen LogP contribution in [0.25, 0.3) is 0 Å².